The summed E-state index contributed by atoms with van der Waals surface area (Å²) in [5.41, 5.74) is 0.419. The number of hydrogen-bond donors (Lipinski definition) is 0. The SMILES string of the molecule is C1CCOC1.C1CCOC1.CC(C)[PH+](C(C)C)C(C)C.CC(C)[PH+](C(C)C)C(C)C.Fc1c(F)c(F)c2nc3c(F)c(F)c(F)c(F)c3nc2c1F.[Ni]. The summed E-state index contributed by atoms with van der Waals surface area (Å²) < 4.78 is 116. The van der Waals surface area contributed by atoms with Crippen LogP contribution in [0, 0.1) is 46.5 Å². The van der Waals surface area contributed by atoms with Gasteiger partial charge in [-0.15, -0.1) is 0 Å². The molecule has 3 heterocycles. The molecule has 0 N–H and O–H groups in total. The number of halogens is 8. The molecular weight excluding hydrogens is 789 g/mol. The van der Waals surface area contributed by atoms with Crippen molar-refractivity contribution in [2.45, 2.75) is 143 Å². The Morgan fingerprint density at radius 2 is 0.528 bits per heavy atom. The van der Waals surface area contributed by atoms with E-state index in [4.69, 9.17) is 9.47 Å². The fourth-order valence-corrected chi connectivity index (χ4v) is 14.9. The molecule has 0 saturated carbocycles. The van der Waals surface area contributed by atoms with E-state index in [1.807, 2.05) is 0 Å². The Balaban J connectivity index is 0.000000729. The summed E-state index contributed by atoms with van der Waals surface area (Å²) in [6.07, 6.45) is 5.11. The van der Waals surface area contributed by atoms with Gasteiger partial charge in [-0.3, -0.25) is 0 Å². The zero-order valence-electron chi connectivity index (χ0n) is 33.2. The fourth-order valence-electron chi connectivity index (χ4n) is 6.87. The largest absolute Gasteiger partial charge is 0.381 e. The van der Waals surface area contributed by atoms with Crippen molar-refractivity contribution >= 4 is 37.9 Å². The van der Waals surface area contributed by atoms with Gasteiger partial charge in [0.1, 0.15) is 22.1 Å². The molecule has 15 heteroatoms. The van der Waals surface area contributed by atoms with Gasteiger partial charge in [0.15, 0.2) is 46.5 Å². The second-order valence-corrected chi connectivity index (χ2v) is 23.6. The first-order chi connectivity index (χ1) is 24.2. The number of rotatable bonds is 6. The Hall–Kier alpha value is -1.25. The van der Waals surface area contributed by atoms with Gasteiger partial charge in [-0.25, -0.2) is 45.1 Å². The number of ether oxygens (including phenoxy) is 2. The summed E-state index contributed by atoms with van der Waals surface area (Å²) in [5, 5.41) is 0. The molecule has 4 nitrogen and oxygen atoms in total. The molecule has 2 fully saturated rings. The van der Waals surface area contributed by atoms with Crippen molar-refractivity contribution in [3.63, 3.8) is 0 Å². The van der Waals surface area contributed by atoms with Crippen molar-refractivity contribution in [3.05, 3.63) is 46.5 Å². The van der Waals surface area contributed by atoms with E-state index in [1.165, 1.54) is 25.7 Å². The van der Waals surface area contributed by atoms with Gasteiger partial charge >= 0.3 is 0 Å². The van der Waals surface area contributed by atoms with Crippen LogP contribution in [-0.4, -0.2) is 70.3 Å². The number of nitrogens with zero attached hydrogens (tertiary/aromatic N) is 2. The fraction of sp³-hybridized carbons (Fsp3) is 0.684. The molecule has 0 radical (unpaired) electrons. The first kappa shape index (κ1) is 51.8. The van der Waals surface area contributed by atoms with E-state index in [0.717, 1.165) is 60.4 Å². The van der Waals surface area contributed by atoms with E-state index in [9.17, 15) is 35.1 Å². The molecule has 0 amide bonds. The van der Waals surface area contributed by atoms with Gasteiger partial charge in [0.05, 0.1) is 34.0 Å². The van der Waals surface area contributed by atoms with Crippen LogP contribution in [0.15, 0.2) is 0 Å². The van der Waals surface area contributed by atoms with Crippen molar-refractivity contribution in [3.8, 4) is 0 Å². The Labute approximate surface area is 323 Å². The minimum absolute atomic E-state index is 0. The van der Waals surface area contributed by atoms with Crippen LogP contribution in [-0.2, 0) is 26.0 Å². The smallest absolute Gasteiger partial charge is 0.199 e. The molecule has 0 spiro atoms. The van der Waals surface area contributed by atoms with Crippen LogP contribution < -0.4 is 0 Å². The zero-order chi connectivity index (χ0) is 40.0. The predicted molar refractivity (Wildman–Crippen MR) is 204 cm³/mol. The van der Waals surface area contributed by atoms with Crippen LogP contribution in [0.25, 0.3) is 22.1 Å². The summed E-state index contributed by atoms with van der Waals surface area (Å²) in [6.45, 7) is 32.4. The number of benzene rings is 2. The third-order valence-corrected chi connectivity index (χ3v) is 16.5. The maximum atomic E-state index is 13.5. The Morgan fingerprint density at radius 1 is 0.358 bits per heavy atom. The van der Waals surface area contributed by atoms with Crippen LogP contribution in [0.4, 0.5) is 35.1 Å². The molecule has 0 atom stereocenters. The van der Waals surface area contributed by atoms with Crippen molar-refractivity contribution in [2.75, 3.05) is 26.4 Å². The molecule has 308 valence electrons. The van der Waals surface area contributed by atoms with Crippen molar-refractivity contribution in [2.24, 2.45) is 0 Å². The van der Waals surface area contributed by atoms with Gasteiger partial charge in [-0.2, -0.15) is 0 Å². The Bertz CT molecular complexity index is 1300. The first-order valence-electron chi connectivity index (χ1n) is 18.2. The molecule has 2 saturated heterocycles. The Kier molecular flexibility index (Phi) is 24.5. The molecule has 0 aliphatic carbocycles. The Morgan fingerprint density at radius 3 is 0.623 bits per heavy atom. The van der Waals surface area contributed by atoms with E-state index in [2.05, 4.69) is 93.1 Å². The molecule has 2 aliphatic rings. The maximum Gasteiger partial charge on any atom is 0.199 e. The van der Waals surface area contributed by atoms with E-state index in [0.29, 0.717) is 0 Å². The van der Waals surface area contributed by atoms with Crippen molar-refractivity contribution < 1.29 is 61.1 Å². The van der Waals surface area contributed by atoms with E-state index in [-0.39, 0.29) is 32.3 Å². The van der Waals surface area contributed by atoms with E-state index in [1.54, 1.807) is 0 Å². The average Bonchev–Trinajstić information content (AvgIpc) is 3.84. The summed E-state index contributed by atoms with van der Waals surface area (Å²) in [7, 11) is -0.191. The molecule has 5 rings (SSSR count). The predicted octanol–water partition coefficient (Wildman–Crippen LogP) is 12.3. The maximum absolute atomic E-state index is 13.5. The first-order valence-corrected chi connectivity index (χ1v) is 21.7. The quantitative estimate of drug-likeness (QED) is 0.0619. The number of hydrogen-bond acceptors (Lipinski definition) is 4. The summed E-state index contributed by atoms with van der Waals surface area (Å²) in [6, 6.07) is 0. The standard InChI is InChI=1S/C12F8N2.2C9H21P.2C4H8O.Ni/c13-1-2(14)6(18)10-9(5(1)17)21-11-7(19)3(15)4(16)8(20)12(11)22-10;2*1-7(2)10(8(3)4)9(5)6;2*1-2-4-5-3-1;/h;2*7-9H,1-6H3;2*1-4H2;/p+2. The molecule has 0 bridgehead atoms. The molecule has 3 aromatic rings. The zero-order valence-corrected chi connectivity index (χ0v) is 36.2. The molecular formula is C38H60F8N2NiO2P2+2. The monoisotopic (exact) mass is 848 g/mol. The van der Waals surface area contributed by atoms with Gasteiger partial charge in [0, 0.05) is 58.8 Å². The second kappa shape index (κ2) is 25.1. The van der Waals surface area contributed by atoms with Crippen molar-refractivity contribution in [1.82, 2.24) is 9.97 Å². The minimum Gasteiger partial charge on any atom is -0.381 e. The third-order valence-electron chi connectivity index (χ3n) is 8.54. The van der Waals surface area contributed by atoms with Gasteiger partial charge in [-0.1, -0.05) is 0 Å². The van der Waals surface area contributed by atoms with Crippen LogP contribution in [0.1, 0.15) is 109 Å². The third kappa shape index (κ3) is 15.3. The van der Waals surface area contributed by atoms with Gasteiger partial charge in [0.2, 0.25) is 0 Å². The summed E-state index contributed by atoms with van der Waals surface area (Å²) in [5.74, 6) is -17.2. The number of fused-ring (bicyclic) bond motifs is 2. The molecule has 53 heavy (non-hydrogen) atoms. The van der Waals surface area contributed by atoms with Crippen LogP contribution >= 0.6 is 15.8 Å². The minimum atomic E-state index is -2.26. The molecule has 2 aromatic carbocycles. The molecule has 0 unspecified atom stereocenters. The number of aromatic nitrogens is 2. The van der Waals surface area contributed by atoms with Crippen LogP contribution in [0.5, 0.6) is 0 Å². The van der Waals surface area contributed by atoms with Crippen molar-refractivity contribution in [1.29, 1.82) is 0 Å². The van der Waals surface area contributed by atoms with Gasteiger partial charge < -0.3 is 9.47 Å². The van der Waals surface area contributed by atoms with E-state index >= 15 is 0 Å². The summed E-state index contributed by atoms with van der Waals surface area (Å²) in [4.78, 5) is 5.99. The van der Waals surface area contributed by atoms with E-state index < -0.39 is 68.6 Å². The second-order valence-electron chi connectivity index (χ2n) is 14.7. The summed E-state index contributed by atoms with van der Waals surface area (Å²) >= 11 is 0. The molecule has 1 aromatic heterocycles. The van der Waals surface area contributed by atoms with Crippen LogP contribution in [0.3, 0.4) is 0 Å². The molecule has 2 aliphatic heterocycles. The van der Waals surface area contributed by atoms with Crippen LogP contribution in [0.2, 0.25) is 0 Å². The topological polar surface area (TPSA) is 44.2 Å². The average molecular weight is 850 g/mol. The van der Waals surface area contributed by atoms with Gasteiger partial charge in [0.25, 0.3) is 0 Å². The normalized spacial score (nSPS) is 14.1. The van der Waals surface area contributed by atoms with Gasteiger partial charge in [-0.05, 0) is 109 Å².